The lowest BCUT2D eigenvalue weighted by Crippen LogP contribution is -2.14. The highest BCUT2D eigenvalue weighted by atomic mass is 32.2. The van der Waals surface area contributed by atoms with E-state index in [4.69, 9.17) is 5.11 Å². The van der Waals surface area contributed by atoms with Gasteiger partial charge in [0.2, 0.25) is 0 Å². The molecule has 0 spiro atoms. The van der Waals surface area contributed by atoms with Crippen LogP contribution in [0.15, 0.2) is 30.3 Å². The predicted octanol–water partition coefficient (Wildman–Crippen LogP) is 2.08. The average molecular weight is 284 g/mol. The molecule has 1 N–H and O–H groups in total. The van der Waals surface area contributed by atoms with Crippen molar-refractivity contribution in [2.45, 2.75) is 19.8 Å². The van der Waals surface area contributed by atoms with Crippen LogP contribution < -0.4 is 0 Å². The largest absolute Gasteiger partial charge is 0.508 e. The van der Waals surface area contributed by atoms with Crippen molar-refractivity contribution in [1.82, 2.24) is 0 Å². The first-order chi connectivity index (χ1) is 8.93. The number of aromatic hydroxyl groups is 1. The van der Waals surface area contributed by atoms with Gasteiger partial charge >= 0.3 is 16.1 Å². The van der Waals surface area contributed by atoms with Gasteiger partial charge in [0, 0.05) is 6.08 Å². The lowest BCUT2D eigenvalue weighted by Gasteiger charge is -2.01. The molecule has 0 atom stereocenters. The smallest absolute Gasteiger partial charge is 0.346 e. The van der Waals surface area contributed by atoms with Crippen LogP contribution in [-0.2, 0) is 19.1 Å². The maximum Gasteiger partial charge on any atom is 0.346 e. The van der Waals surface area contributed by atoms with E-state index < -0.39 is 16.1 Å². The van der Waals surface area contributed by atoms with Gasteiger partial charge < -0.3 is 9.29 Å². The molecule has 5 nitrogen and oxygen atoms in total. The number of carbonyl (C=O) groups is 1. The number of unbranched alkanes of at least 4 members (excludes halogenated alkanes) is 1. The summed E-state index contributed by atoms with van der Waals surface area (Å²) in [5, 5.41) is 9.07. The first-order valence-corrected chi connectivity index (χ1v) is 7.44. The zero-order chi connectivity index (χ0) is 14.3. The molecule has 1 aromatic rings. The molecule has 0 saturated heterocycles. The zero-order valence-corrected chi connectivity index (χ0v) is 11.4. The highest BCUT2D eigenvalue weighted by Gasteiger charge is 2.14. The Labute approximate surface area is 112 Å². The molecule has 1 rings (SSSR count). The van der Waals surface area contributed by atoms with Crippen molar-refractivity contribution >= 4 is 22.2 Å². The van der Waals surface area contributed by atoms with Gasteiger partial charge in [-0.15, -0.1) is 0 Å². The van der Waals surface area contributed by atoms with Crippen molar-refractivity contribution in [2.75, 3.05) is 5.75 Å². The van der Waals surface area contributed by atoms with Gasteiger partial charge in [-0.2, -0.15) is 8.42 Å². The van der Waals surface area contributed by atoms with Crippen LogP contribution in [0.3, 0.4) is 0 Å². The summed E-state index contributed by atoms with van der Waals surface area (Å²) in [6.07, 6.45) is 3.62. The number of carbonyl (C=O) groups excluding carboxylic acids is 1. The number of phenols is 1. The Morgan fingerprint density at radius 2 is 1.95 bits per heavy atom. The molecule has 0 aromatic heterocycles. The van der Waals surface area contributed by atoms with Crippen LogP contribution in [0.2, 0.25) is 0 Å². The number of hydrogen-bond acceptors (Lipinski definition) is 5. The van der Waals surface area contributed by atoms with Crippen LogP contribution >= 0.6 is 0 Å². The highest BCUT2D eigenvalue weighted by Crippen LogP contribution is 2.11. The molecule has 0 bridgehead atoms. The lowest BCUT2D eigenvalue weighted by molar-refractivity contribution is -0.128. The van der Waals surface area contributed by atoms with E-state index in [0.717, 1.165) is 6.08 Å². The van der Waals surface area contributed by atoms with Gasteiger partial charge in [0.1, 0.15) is 5.75 Å². The Morgan fingerprint density at radius 1 is 1.32 bits per heavy atom. The number of benzene rings is 1. The van der Waals surface area contributed by atoms with Crippen molar-refractivity contribution in [2.24, 2.45) is 0 Å². The van der Waals surface area contributed by atoms with Gasteiger partial charge in [0.15, 0.2) is 0 Å². The van der Waals surface area contributed by atoms with E-state index >= 15 is 0 Å². The summed E-state index contributed by atoms with van der Waals surface area (Å²) in [6, 6.07) is 6.10. The summed E-state index contributed by atoms with van der Waals surface area (Å²) in [5.74, 6) is -0.978. The zero-order valence-electron chi connectivity index (χ0n) is 10.6. The quantitative estimate of drug-likeness (QED) is 0.639. The van der Waals surface area contributed by atoms with Crippen LogP contribution in [0, 0.1) is 0 Å². The normalized spacial score (nSPS) is 11.6. The van der Waals surface area contributed by atoms with Crippen LogP contribution in [-0.4, -0.2) is 25.2 Å². The van der Waals surface area contributed by atoms with E-state index in [1.54, 1.807) is 12.1 Å². The lowest BCUT2D eigenvalue weighted by atomic mass is 10.2. The van der Waals surface area contributed by atoms with E-state index in [-0.39, 0.29) is 11.5 Å². The monoisotopic (exact) mass is 284 g/mol. The maximum absolute atomic E-state index is 11.3. The molecule has 0 aliphatic carbocycles. The molecule has 0 radical (unpaired) electrons. The summed E-state index contributed by atoms with van der Waals surface area (Å²) in [5.41, 5.74) is 0.653. The second kappa shape index (κ2) is 6.94. The molecule has 0 fully saturated rings. The summed E-state index contributed by atoms with van der Waals surface area (Å²) in [6.45, 7) is 1.85. The van der Waals surface area contributed by atoms with Crippen LogP contribution in [0.5, 0.6) is 5.75 Å². The minimum atomic E-state index is -3.79. The topological polar surface area (TPSA) is 80.7 Å². The van der Waals surface area contributed by atoms with E-state index in [2.05, 4.69) is 4.18 Å². The molecule has 0 aliphatic rings. The number of phenolic OH excluding ortho intramolecular Hbond substituents is 1. The fraction of sp³-hybridized carbons (Fsp3) is 0.308. The van der Waals surface area contributed by atoms with Crippen molar-refractivity contribution < 1.29 is 22.5 Å². The molecule has 6 heteroatoms. The van der Waals surface area contributed by atoms with E-state index in [9.17, 15) is 13.2 Å². The third-order valence-electron chi connectivity index (χ3n) is 2.26. The Morgan fingerprint density at radius 3 is 2.53 bits per heavy atom. The van der Waals surface area contributed by atoms with Crippen molar-refractivity contribution in [3.05, 3.63) is 35.9 Å². The van der Waals surface area contributed by atoms with Gasteiger partial charge in [-0.05, 0) is 30.2 Å². The second-order valence-electron chi connectivity index (χ2n) is 3.94. The van der Waals surface area contributed by atoms with Crippen LogP contribution in [0.4, 0.5) is 0 Å². The van der Waals surface area contributed by atoms with Gasteiger partial charge in [0.25, 0.3) is 0 Å². The molecule has 104 valence electrons. The summed E-state index contributed by atoms with van der Waals surface area (Å²) in [7, 11) is -3.79. The second-order valence-corrected chi connectivity index (χ2v) is 5.63. The van der Waals surface area contributed by atoms with E-state index in [1.807, 2.05) is 6.92 Å². The van der Waals surface area contributed by atoms with Crippen molar-refractivity contribution in [1.29, 1.82) is 0 Å². The van der Waals surface area contributed by atoms with Gasteiger partial charge in [-0.1, -0.05) is 25.5 Å². The molecular formula is C13H16O5S. The molecule has 1 aromatic carbocycles. The Hall–Kier alpha value is -1.82. The highest BCUT2D eigenvalue weighted by molar-refractivity contribution is 7.87. The fourth-order valence-corrected chi connectivity index (χ4v) is 2.30. The van der Waals surface area contributed by atoms with E-state index in [1.165, 1.54) is 18.2 Å². The number of hydrogen-bond donors (Lipinski definition) is 1. The molecule has 0 heterocycles. The van der Waals surface area contributed by atoms with Crippen LogP contribution in [0.1, 0.15) is 25.3 Å². The third-order valence-corrected chi connectivity index (χ3v) is 3.47. The summed E-state index contributed by atoms with van der Waals surface area (Å²) >= 11 is 0. The maximum atomic E-state index is 11.3. The minimum absolute atomic E-state index is 0.113. The summed E-state index contributed by atoms with van der Waals surface area (Å²) in [4.78, 5) is 11.3. The summed E-state index contributed by atoms with van der Waals surface area (Å²) < 4.78 is 27.1. The number of rotatable bonds is 6. The molecular weight excluding hydrogens is 268 g/mol. The Balaban J connectivity index is 2.58. The third kappa shape index (κ3) is 6.05. The van der Waals surface area contributed by atoms with Crippen molar-refractivity contribution in [3.63, 3.8) is 0 Å². The molecule has 0 amide bonds. The molecule has 0 unspecified atom stereocenters. The van der Waals surface area contributed by atoms with Gasteiger partial charge in [-0.25, -0.2) is 4.79 Å². The Kier molecular flexibility index (Phi) is 5.57. The molecule has 0 saturated carbocycles. The molecule has 19 heavy (non-hydrogen) atoms. The Bertz CT molecular complexity index is 543. The first-order valence-electron chi connectivity index (χ1n) is 5.86. The van der Waals surface area contributed by atoms with Crippen LogP contribution in [0.25, 0.3) is 6.08 Å². The SMILES string of the molecule is CCCCS(=O)(=O)OC(=O)/C=C/c1ccc(O)cc1. The molecule has 0 aliphatic heterocycles. The predicted molar refractivity (Wildman–Crippen MR) is 71.9 cm³/mol. The minimum Gasteiger partial charge on any atom is -0.508 e. The average Bonchev–Trinajstić information content (AvgIpc) is 2.35. The van der Waals surface area contributed by atoms with Crippen molar-refractivity contribution in [3.8, 4) is 5.75 Å². The first kappa shape index (κ1) is 15.2. The standard InChI is InChI=1S/C13H16O5S/c1-2-3-10-19(16,17)18-13(15)9-6-11-4-7-12(14)8-5-11/h4-9,14H,2-3,10H2,1H3/b9-6+. The van der Waals surface area contributed by atoms with Gasteiger partial charge in [0.05, 0.1) is 5.75 Å². The van der Waals surface area contributed by atoms with E-state index in [0.29, 0.717) is 18.4 Å². The van der Waals surface area contributed by atoms with Gasteiger partial charge in [-0.3, -0.25) is 0 Å². The fourth-order valence-electron chi connectivity index (χ4n) is 1.27.